The molecule has 2 N–H and O–H groups in total. The van der Waals surface area contributed by atoms with Gasteiger partial charge < -0.3 is 15.0 Å². The van der Waals surface area contributed by atoms with Crippen molar-refractivity contribution >= 4 is 16.9 Å². The molecule has 0 radical (unpaired) electrons. The van der Waals surface area contributed by atoms with Gasteiger partial charge in [0.25, 0.3) is 17.9 Å². The second kappa shape index (κ2) is 8.51. The van der Waals surface area contributed by atoms with Gasteiger partial charge in [0.15, 0.2) is 0 Å². The van der Waals surface area contributed by atoms with Crippen molar-refractivity contribution in [1.82, 2.24) is 25.2 Å². The molecule has 1 saturated carbocycles. The summed E-state index contributed by atoms with van der Waals surface area (Å²) in [5.41, 5.74) is 0.617. The van der Waals surface area contributed by atoms with Crippen molar-refractivity contribution in [2.24, 2.45) is 0 Å². The first-order valence-electron chi connectivity index (χ1n) is 10.8. The van der Waals surface area contributed by atoms with E-state index in [1.165, 1.54) is 0 Å². The third-order valence-corrected chi connectivity index (χ3v) is 6.10. The minimum atomic E-state index is -2.84. The zero-order valence-corrected chi connectivity index (χ0v) is 17.9. The molecule has 1 saturated heterocycles. The molecule has 1 aliphatic heterocycles. The molecule has 3 aromatic rings. The summed E-state index contributed by atoms with van der Waals surface area (Å²) in [6.45, 7) is 3.31. The summed E-state index contributed by atoms with van der Waals surface area (Å²) in [6.07, 6.45) is 2.37. The Morgan fingerprint density at radius 3 is 2.76 bits per heavy atom. The van der Waals surface area contributed by atoms with Gasteiger partial charge in [-0.2, -0.15) is 0 Å². The van der Waals surface area contributed by atoms with Crippen LogP contribution < -0.4 is 15.6 Å². The van der Waals surface area contributed by atoms with Crippen molar-refractivity contribution in [2.45, 2.75) is 50.9 Å². The van der Waals surface area contributed by atoms with Gasteiger partial charge in [-0.1, -0.05) is 0 Å². The van der Waals surface area contributed by atoms with E-state index in [1.807, 2.05) is 6.92 Å². The lowest BCUT2D eigenvalue weighted by molar-refractivity contribution is -0.0415. The summed E-state index contributed by atoms with van der Waals surface area (Å²) < 4.78 is 31.8. The smallest absolute Gasteiger partial charge is 0.270 e. The molecule has 1 amide bonds. The summed E-state index contributed by atoms with van der Waals surface area (Å²) in [5, 5.41) is 2.90. The van der Waals surface area contributed by atoms with Crippen LogP contribution in [-0.2, 0) is 6.54 Å². The number of hydrogen-bond donors (Lipinski definition) is 2. The molecule has 8 nitrogen and oxygen atoms in total. The second-order valence-electron chi connectivity index (χ2n) is 8.58. The van der Waals surface area contributed by atoms with Crippen LogP contribution in [0.25, 0.3) is 11.0 Å². The van der Waals surface area contributed by atoms with E-state index in [9.17, 15) is 18.4 Å². The summed E-state index contributed by atoms with van der Waals surface area (Å²) in [7, 11) is 0. The monoisotopic (exact) mass is 455 g/mol. The maximum Gasteiger partial charge on any atom is 0.270 e. The maximum absolute atomic E-state index is 12.9. The largest absolute Gasteiger partial charge is 0.486 e. The molecule has 172 valence electrons. The number of nitrogens with one attached hydrogen (secondary N) is 2. The molecular formula is C23H23F2N5O3. The van der Waals surface area contributed by atoms with Crippen LogP contribution >= 0.6 is 0 Å². The van der Waals surface area contributed by atoms with Gasteiger partial charge in [0.2, 0.25) is 0 Å². The molecular weight excluding hydrogens is 432 g/mol. The van der Waals surface area contributed by atoms with Gasteiger partial charge in [-0.05, 0) is 49.6 Å². The summed E-state index contributed by atoms with van der Waals surface area (Å²) >= 11 is 0. The number of carbonyl (C=O) groups excluding carboxylic acids is 1. The molecule has 2 fully saturated rings. The number of pyridine rings is 3. The Bertz CT molecular complexity index is 1240. The molecule has 4 heterocycles. The number of alkyl halides is 2. The van der Waals surface area contributed by atoms with E-state index in [0.717, 1.165) is 24.5 Å². The highest BCUT2D eigenvalue weighted by molar-refractivity contribution is 5.92. The second-order valence-corrected chi connectivity index (χ2v) is 8.58. The molecule has 3 aromatic heterocycles. The summed E-state index contributed by atoms with van der Waals surface area (Å²) in [6, 6.07) is 6.71. The number of likely N-dealkylation sites (tertiary alicyclic amines) is 1. The van der Waals surface area contributed by atoms with Crippen LogP contribution in [0.2, 0.25) is 0 Å². The molecule has 2 aliphatic rings. The van der Waals surface area contributed by atoms with E-state index >= 15 is 0 Å². The topological polar surface area (TPSA) is 100 Å². The Morgan fingerprint density at radius 1 is 1.27 bits per heavy atom. The van der Waals surface area contributed by atoms with Crippen LogP contribution in [0.15, 0.2) is 41.5 Å². The van der Waals surface area contributed by atoms with Crippen LogP contribution in [0.5, 0.6) is 5.75 Å². The zero-order valence-electron chi connectivity index (χ0n) is 17.9. The Morgan fingerprint density at radius 2 is 2.09 bits per heavy atom. The molecule has 5 rings (SSSR count). The van der Waals surface area contributed by atoms with Gasteiger partial charge >= 0.3 is 0 Å². The number of hydrogen-bond acceptors (Lipinski definition) is 6. The fourth-order valence-corrected chi connectivity index (χ4v) is 3.86. The van der Waals surface area contributed by atoms with E-state index in [4.69, 9.17) is 4.74 Å². The first kappa shape index (κ1) is 21.4. The number of amides is 1. The Labute approximate surface area is 188 Å². The quantitative estimate of drug-likeness (QED) is 0.568. The van der Waals surface area contributed by atoms with Crippen LogP contribution in [0.3, 0.4) is 0 Å². The molecule has 1 aliphatic carbocycles. The van der Waals surface area contributed by atoms with E-state index < -0.39 is 17.5 Å². The minimum absolute atomic E-state index is 0.0280. The molecule has 0 bridgehead atoms. The first-order valence-corrected chi connectivity index (χ1v) is 10.8. The fourth-order valence-electron chi connectivity index (χ4n) is 3.86. The highest BCUT2D eigenvalue weighted by atomic mass is 19.3. The van der Waals surface area contributed by atoms with Crippen molar-refractivity contribution in [1.29, 1.82) is 0 Å². The average Bonchev–Trinajstić information content (AvgIpc) is 3.61. The van der Waals surface area contributed by atoms with Crippen LogP contribution in [0.4, 0.5) is 8.78 Å². The number of rotatable bonds is 7. The van der Waals surface area contributed by atoms with Crippen molar-refractivity contribution in [3.05, 3.63) is 63.8 Å². The summed E-state index contributed by atoms with van der Waals surface area (Å²) in [4.78, 5) is 37.0. The number of carbonyl (C=O) groups is 1. The lowest BCUT2D eigenvalue weighted by atomic mass is 10.00. The number of nitrogens with zero attached hydrogens (tertiary/aromatic N) is 3. The Hall–Kier alpha value is -3.40. The van der Waals surface area contributed by atoms with Crippen LogP contribution in [0, 0.1) is 0 Å². The van der Waals surface area contributed by atoms with Gasteiger partial charge in [-0.15, -0.1) is 0 Å². The van der Waals surface area contributed by atoms with Crippen LogP contribution in [-0.4, -0.2) is 50.5 Å². The molecule has 0 aromatic carbocycles. The minimum Gasteiger partial charge on any atom is -0.486 e. The van der Waals surface area contributed by atoms with Crippen molar-refractivity contribution < 1.29 is 18.3 Å². The maximum atomic E-state index is 12.9. The summed E-state index contributed by atoms with van der Waals surface area (Å²) in [5.74, 6) is 0.442. The molecule has 33 heavy (non-hydrogen) atoms. The number of aromatic amines is 1. The van der Waals surface area contributed by atoms with Crippen molar-refractivity contribution in [2.75, 3.05) is 6.54 Å². The Balaban J connectivity index is 1.18. The highest BCUT2D eigenvalue weighted by Gasteiger charge is 2.37. The lowest BCUT2D eigenvalue weighted by Gasteiger charge is -2.45. The number of halogens is 2. The first-order chi connectivity index (χ1) is 15.9. The SMILES string of the molecule is C[C@@H]1[C@@H](Oc2ccc(C(=O)NC3CC3)nc2)CN1Cc1cnc2cc(C(F)F)c(=O)[nH]c2c1. The number of ether oxygens (including phenoxy) is 1. The van der Waals surface area contributed by atoms with E-state index in [1.54, 1.807) is 30.6 Å². The van der Waals surface area contributed by atoms with Crippen molar-refractivity contribution in [3.8, 4) is 5.75 Å². The van der Waals surface area contributed by atoms with E-state index in [2.05, 4.69) is 25.2 Å². The van der Waals surface area contributed by atoms with Crippen LogP contribution in [0.1, 0.15) is 47.8 Å². The predicted octanol–water partition coefficient (Wildman–Crippen LogP) is 2.80. The van der Waals surface area contributed by atoms with Gasteiger partial charge in [-0.3, -0.25) is 19.5 Å². The van der Waals surface area contributed by atoms with E-state index in [0.29, 0.717) is 35.6 Å². The van der Waals surface area contributed by atoms with Gasteiger partial charge in [0.1, 0.15) is 17.5 Å². The zero-order chi connectivity index (χ0) is 23.1. The number of aromatic nitrogens is 3. The predicted molar refractivity (Wildman–Crippen MR) is 116 cm³/mol. The normalized spacial score (nSPS) is 20.6. The van der Waals surface area contributed by atoms with Gasteiger partial charge in [0, 0.05) is 31.4 Å². The third kappa shape index (κ3) is 4.56. The fraction of sp³-hybridized carbons (Fsp3) is 0.391. The standard InChI is InChI=1S/C23H23F2N5O3/c1-12-20(33-15-4-5-17(27-9-15)23(32)28-14-2-3-14)11-30(12)10-13-6-19-18(26-8-13)7-16(21(24)25)22(31)29-19/h4-9,12,14,20-21H,2-3,10-11H2,1H3,(H,28,32)(H,29,31)/t12-,20+/m1/s1. The van der Waals surface area contributed by atoms with Gasteiger partial charge in [0.05, 0.1) is 22.8 Å². The Kier molecular flexibility index (Phi) is 5.53. The highest BCUT2D eigenvalue weighted by Crippen LogP contribution is 2.26. The third-order valence-electron chi connectivity index (χ3n) is 6.10. The number of fused-ring (bicyclic) bond motifs is 1. The number of H-pyrrole nitrogens is 1. The molecule has 0 unspecified atom stereocenters. The molecule has 0 spiro atoms. The lowest BCUT2D eigenvalue weighted by Crippen LogP contribution is -2.60. The molecule has 2 atom stereocenters. The molecule has 10 heteroatoms. The van der Waals surface area contributed by atoms with E-state index in [-0.39, 0.29) is 24.1 Å². The average molecular weight is 455 g/mol. The van der Waals surface area contributed by atoms with Gasteiger partial charge in [-0.25, -0.2) is 13.8 Å². The van der Waals surface area contributed by atoms with Crippen molar-refractivity contribution in [3.63, 3.8) is 0 Å².